The lowest BCUT2D eigenvalue weighted by atomic mass is 10.1. The van der Waals surface area contributed by atoms with Gasteiger partial charge >= 0.3 is 5.97 Å². The van der Waals surface area contributed by atoms with Crippen molar-refractivity contribution in [3.05, 3.63) is 62.6 Å². The lowest BCUT2D eigenvalue weighted by molar-refractivity contribution is -0.145. The highest BCUT2D eigenvalue weighted by Crippen LogP contribution is 2.27. The summed E-state index contributed by atoms with van der Waals surface area (Å²) in [5.41, 5.74) is 1.91. The molecule has 0 unspecified atom stereocenters. The zero-order chi connectivity index (χ0) is 21.4. The number of hydrogen-bond donors (Lipinski definition) is 1. The van der Waals surface area contributed by atoms with E-state index in [0.717, 1.165) is 5.56 Å². The minimum Gasteiger partial charge on any atom is -0.481 e. The molecule has 150 valence electrons. The summed E-state index contributed by atoms with van der Waals surface area (Å²) in [6.07, 6.45) is 1.45. The Labute approximate surface area is 182 Å². The average Bonchev–Trinajstić information content (AvgIpc) is 2.68. The molecule has 2 aromatic rings. The number of benzene rings is 2. The number of amides is 1. The van der Waals surface area contributed by atoms with E-state index in [1.807, 2.05) is 13.0 Å². The number of aryl methyl sites for hydroxylation is 1. The topological polar surface area (TPSA) is 88.4 Å². The van der Waals surface area contributed by atoms with Crippen LogP contribution in [0.2, 0.25) is 5.02 Å². The van der Waals surface area contributed by atoms with Crippen molar-refractivity contribution < 1.29 is 19.1 Å². The Bertz CT molecular complexity index is 999. The van der Waals surface area contributed by atoms with Crippen molar-refractivity contribution in [1.82, 2.24) is 0 Å². The molecule has 0 saturated carbocycles. The van der Waals surface area contributed by atoms with Crippen LogP contribution >= 0.6 is 27.5 Å². The molecule has 29 heavy (non-hydrogen) atoms. The predicted octanol–water partition coefficient (Wildman–Crippen LogP) is 4.90. The number of anilines is 1. The van der Waals surface area contributed by atoms with Crippen molar-refractivity contribution in [2.75, 3.05) is 18.5 Å². The summed E-state index contributed by atoms with van der Waals surface area (Å²) in [4.78, 5) is 23.8. The number of carbonyl (C=O) groups is 2. The minimum atomic E-state index is -0.550. The lowest BCUT2D eigenvalue weighted by Gasteiger charge is -2.09. The monoisotopic (exact) mass is 476 g/mol. The molecule has 0 atom stereocenters. The number of rotatable bonds is 7. The second kappa shape index (κ2) is 10.6. The van der Waals surface area contributed by atoms with Crippen molar-refractivity contribution in [3.8, 4) is 11.8 Å². The Morgan fingerprint density at radius 3 is 2.66 bits per heavy atom. The molecule has 1 amide bonds. The average molecular weight is 478 g/mol. The van der Waals surface area contributed by atoms with Crippen molar-refractivity contribution in [1.29, 1.82) is 5.26 Å². The molecule has 2 rings (SSSR count). The second-order valence-electron chi connectivity index (χ2n) is 5.87. The van der Waals surface area contributed by atoms with Crippen LogP contribution in [0.15, 0.2) is 46.4 Å². The first-order valence-electron chi connectivity index (χ1n) is 8.61. The Morgan fingerprint density at radius 2 is 2.03 bits per heavy atom. The molecule has 2 aromatic carbocycles. The predicted molar refractivity (Wildman–Crippen MR) is 115 cm³/mol. The summed E-state index contributed by atoms with van der Waals surface area (Å²) in [5, 5.41) is 12.5. The molecular weight excluding hydrogens is 460 g/mol. The third-order valence-electron chi connectivity index (χ3n) is 3.71. The molecule has 0 bridgehead atoms. The molecule has 0 aliphatic rings. The zero-order valence-electron chi connectivity index (χ0n) is 15.8. The largest absolute Gasteiger partial charge is 0.481 e. The van der Waals surface area contributed by atoms with Gasteiger partial charge in [0, 0.05) is 10.7 Å². The maximum atomic E-state index is 12.4. The zero-order valence-corrected chi connectivity index (χ0v) is 18.1. The van der Waals surface area contributed by atoms with Crippen LogP contribution in [0.5, 0.6) is 5.75 Å². The minimum absolute atomic E-state index is 0.0752. The van der Waals surface area contributed by atoms with Crippen molar-refractivity contribution in [2.24, 2.45) is 0 Å². The van der Waals surface area contributed by atoms with Crippen molar-refractivity contribution >= 4 is 51.2 Å². The molecule has 8 heteroatoms. The van der Waals surface area contributed by atoms with Crippen LogP contribution in [-0.2, 0) is 14.3 Å². The fourth-order valence-corrected chi connectivity index (χ4v) is 2.94. The molecule has 0 saturated heterocycles. The highest BCUT2D eigenvalue weighted by atomic mass is 79.9. The number of ether oxygens (including phenoxy) is 2. The van der Waals surface area contributed by atoms with Gasteiger partial charge in [0.1, 0.15) is 17.4 Å². The number of carbonyl (C=O) groups excluding carboxylic acids is 2. The van der Waals surface area contributed by atoms with E-state index in [0.29, 0.717) is 26.5 Å². The van der Waals surface area contributed by atoms with Gasteiger partial charge in [-0.15, -0.1) is 0 Å². The number of esters is 1. The van der Waals surface area contributed by atoms with E-state index in [9.17, 15) is 14.9 Å². The third-order valence-corrected chi connectivity index (χ3v) is 4.74. The van der Waals surface area contributed by atoms with Gasteiger partial charge in [0.05, 0.1) is 11.1 Å². The van der Waals surface area contributed by atoms with Crippen LogP contribution in [0, 0.1) is 18.3 Å². The van der Waals surface area contributed by atoms with Gasteiger partial charge in [-0.25, -0.2) is 4.79 Å². The Hall–Kier alpha value is -2.82. The van der Waals surface area contributed by atoms with Gasteiger partial charge in [0.2, 0.25) is 0 Å². The Balaban J connectivity index is 2.12. The number of hydrogen-bond acceptors (Lipinski definition) is 5. The van der Waals surface area contributed by atoms with E-state index in [2.05, 4.69) is 21.2 Å². The highest BCUT2D eigenvalue weighted by molar-refractivity contribution is 9.10. The number of halogens is 2. The Morgan fingerprint density at radius 1 is 1.28 bits per heavy atom. The fourth-order valence-electron chi connectivity index (χ4n) is 2.25. The van der Waals surface area contributed by atoms with Crippen LogP contribution in [0.1, 0.15) is 18.1 Å². The number of nitrogens with one attached hydrogen (secondary N) is 1. The Kier molecular flexibility index (Phi) is 8.25. The van der Waals surface area contributed by atoms with E-state index in [1.165, 1.54) is 6.08 Å². The van der Waals surface area contributed by atoms with E-state index in [-0.39, 0.29) is 18.8 Å². The molecule has 0 spiro atoms. The van der Waals surface area contributed by atoms with E-state index < -0.39 is 11.9 Å². The van der Waals surface area contributed by atoms with Gasteiger partial charge in [-0.2, -0.15) is 5.26 Å². The first kappa shape index (κ1) is 22.5. The molecule has 0 aliphatic carbocycles. The van der Waals surface area contributed by atoms with Crippen molar-refractivity contribution in [3.63, 3.8) is 0 Å². The maximum absolute atomic E-state index is 12.4. The first-order chi connectivity index (χ1) is 13.8. The first-order valence-corrected chi connectivity index (χ1v) is 9.78. The van der Waals surface area contributed by atoms with Gasteiger partial charge in [-0.1, -0.05) is 23.7 Å². The maximum Gasteiger partial charge on any atom is 0.344 e. The second-order valence-corrected chi connectivity index (χ2v) is 7.13. The standard InChI is InChI=1S/C21H18BrClN2O4/c1-3-28-20(26)12-29-19-7-5-14(9-17(19)22)8-15(11-24)21(27)25-16-6-4-13(2)18(23)10-16/h4-10H,3,12H2,1-2H3,(H,25,27)/b15-8-. The molecular formula is C21H18BrClN2O4. The van der Waals surface area contributed by atoms with Crippen LogP contribution in [-0.4, -0.2) is 25.1 Å². The highest BCUT2D eigenvalue weighted by Gasteiger charge is 2.12. The van der Waals surface area contributed by atoms with E-state index >= 15 is 0 Å². The molecule has 0 heterocycles. The van der Waals surface area contributed by atoms with Gasteiger partial charge in [0.15, 0.2) is 6.61 Å². The SMILES string of the molecule is CCOC(=O)COc1ccc(/C=C(/C#N)C(=O)Nc2ccc(C)c(Cl)c2)cc1Br. The summed E-state index contributed by atoms with van der Waals surface area (Å²) in [5.74, 6) is -0.582. The van der Waals surface area contributed by atoms with Crippen LogP contribution in [0.4, 0.5) is 5.69 Å². The van der Waals surface area contributed by atoms with Crippen LogP contribution in [0.3, 0.4) is 0 Å². The summed E-state index contributed by atoms with van der Waals surface area (Å²) in [7, 11) is 0. The summed E-state index contributed by atoms with van der Waals surface area (Å²) in [6.45, 7) is 3.63. The number of nitriles is 1. The van der Waals surface area contributed by atoms with E-state index in [1.54, 1.807) is 43.3 Å². The van der Waals surface area contributed by atoms with Gasteiger partial charge in [-0.3, -0.25) is 4.79 Å². The third kappa shape index (κ3) is 6.63. The van der Waals surface area contributed by atoms with Crippen LogP contribution in [0.25, 0.3) is 6.08 Å². The summed E-state index contributed by atoms with van der Waals surface area (Å²) < 4.78 is 10.8. The number of nitrogens with zero attached hydrogens (tertiary/aromatic N) is 1. The van der Waals surface area contributed by atoms with Crippen molar-refractivity contribution in [2.45, 2.75) is 13.8 Å². The molecule has 0 fully saturated rings. The summed E-state index contributed by atoms with van der Waals surface area (Å²) in [6, 6.07) is 12.0. The normalized spacial score (nSPS) is 10.8. The van der Waals surface area contributed by atoms with Gasteiger partial charge in [0.25, 0.3) is 5.91 Å². The lowest BCUT2D eigenvalue weighted by Crippen LogP contribution is -2.14. The molecule has 0 radical (unpaired) electrons. The molecule has 0 aromatic heterocycles. The smallest absolute Gasteiger partial charge is 0.344 e. The molecule has 0 aliphatic heterocycles. The molecule has 6 nitrogen and oxygen atoms in total. The molecule has 1 N–H and O–H groups in total. The van der Waals surface area contributed by atoms with Crippen LogP contribution < -0.4 is 10.1 Å². The quantitative estimate of drug-likeness (QED) is 0.348. The van der Waals surface area contributed by atoms with Gasteiger partial charge < -0.3 is 14.8 Å². The fraction of sp³-hybridized carbons (Fsp3) is 0.190. The van der Waals surface area contributed by atoms with E-state index in [4.69, 9.17) is 21.1 Å². The van der Waals surface area contributed by atoms with Gasteiger partial charge in [-0.05, 0) is 71.2 Å². The summed E-state index contributed by atoms with van der Waals surface area (Å²) >= 11 is 9.41.